The molecule has 80 valence electrons. The Morgan fingerprint density at radius 2 is 2.07 bits per heavy atom. The highest BCUT2D eigenvalue weighted by molar-refractivity contribution is 9.10. The van der Waals surface area contributed by atoms with Gasteiger partial charge < -0.3 is 10.2 Å². The third-order valence-electron chi connectivity index (χ3n) is 2.73. The molecule has 0 atom stereocenters. The SMILES string of the molecule is O=C(O)C1(c2cc(F)c(O)c(Br)c2)CC1. The minimum Gasteiger partial charge on any atom is -0.504 e. The highest BCUT2D eigenvalue weighted by Gasteiger charge is 2.52. The molecule has 3 nitrogen and oxygen atoms in total. The number of carbonyl (C=O) groups is 1. The molecule has 0 radical (unpaired) electrons. The predicted molar refractivity (Wildman–Crippen MR) is 54.3 cm³/mol. The van der Waals surface area contributed by atoms with E-state index in [4.69, 9.17) is 5.11 Å². The van der Waals surface area contributed by atoms with Crippen molar-refractivity contribution in [3.8, 4) is 5.75 Å². The standard InChI is InChI=1S/C10H8BrFO3/c11-6-3-5(4-7(12)8(6)13)10(1-2-10)9(14)15/h3-4,13H,1-2H2,(H,14,15). The molecule has 0 heterocycles. The van der Waals surface area contributed by atoms with Gasteiger partial charge in [-0.05, 0) is 46.5 Å². The first-order chi connectivity index (χ1) is 6.97. The van der Waals surface area contributed by atoms with Crippen LogP contribution in [0, 0.1) is 5.82 Å². The molecule has 1 aliphatic rings. The topological polar surface area (TPSA) is 57.5 Å². The van der Waals surface area contributed by atoms with Crippen LogP contribution in [0.3, 0.4) is 0 Å². The highest BCUT2D eigenvalue weighted by Crippen LogP contribution is 2.50. The van der Waals surface area contributed by atoms with E-state index < -0.39 is 23.0 Å². The first-order valence-corrected chi connectivity index (χ1v) is 5.18. The van der Waals surface area contributed by atoms with Gasteiger partial charge in [-0.2, -0.15) is 0 Å². The monoisotopic (exact) mass is 274 g/mol. The molecule has 2 N–H and O–H groups in total. The molecule has 15 heavy (non-hydrogen) atoms. The molecule has 1 aromatic rings. The summed E-state index contributed by atoms with van der Waals surface area (Å²) in [5, 5.41) is 18.2. The maximum Gasteiger partial charge on any atom is 0.314 e. The van der Waals surface area contributed by atoms with E-state index >= 15 is 0 Å². The summed E-state index contributed by atoms with van der Waals surface area (Å²) in [6.45, 7) is 0. The van der Waals surface area contributed by atoms with Crippen LogP contribution >= 0.6 is 15.9 Å². The van der Waals surface area contributed by atoms with Gasteiger partial charge in [0.1, 0.15) is 0 Å². The van der Waals surface area contributed by atoms with Gasteiger partial charge in [0.25, 0.3) is 0 Å². The van der Waals surface area contributed by atoms with Crippen LogP contribution in [-0.4, -0.2) is 16.2 Å². The lowest BCUT2D eigenvalue weighted by Gasteiger charge is -2.11. The van der Waals surface area contributed by atoms with Crippen molar-refractivity contribution in [3.63, 3.8) is 0 Å². The van der Waals surface area contributed by atoms with Crippen molar-refractivity contribution < 1.29 is 19.4 Å². The van der Waals surface area contributed by atoms with E-state index in [1.54, 1.807) is 0 Å². The Morgan fingerprint density at radius 1 is 1.47 bits per heavy atom. The van der Waals surface area contributed by atoms with Crippen molar-refractivity contribution in [2.45, 2.75) is 18.3 Å². The summed E-state index contributed by atoms with van der Waals surface area (Å²) in [7, 11) is 0. The van der Waals surface area contributed by atoms with E-state index in [9.17, 15) is 14.3 Å². The Morgan fingerprint density at radius 3 is 2.47 bits per heavy atom. The Hall–Kier alpha value is -1.10. The third-order valence-corrected chi connectivity index (χ3v) is 3.33. The number of phenolic OH excluding ortho intramolecular Hbond substituents is 1. The van der Waals surface area contributed by atoms with Gasteiger partial charge in [0.2, 0.25) is 0 Å². The molecule has 0 amide bonds. The summed E-state index contributed by atoms with van der Waals surface area (Å²) in [5.74, 6) is -2.23. The lowest BCUT2D eigenvalue weighted by molar-refractivity contribution is -0.140. The van der Waals surface area contributed by atoms with Crippen LogP contribution in [0.5, 0.6) is 5.75 Å². The fourth-order valence-corrected chi connectivity index (χ4v) is 2.03. The minimum absolute atomic E-state index is 0.185. The van der Waals surface area contributed by atoms with Crippen molar-refractivity contribution in [2.75, 3.05) is 0 Å². The number of aliphatic carboxylic acids is 1. The normalized spacial score (nSPS) is 17.5. The molecule has 0 aromatic heterocycles. The van der Waals surface area contributed by atoms with Crippen molar-refractivity contribution in [1.29, 1.82) is 0 Å². The summed E-state index contributed by atoms with van der Waals surface area (Å²) >= 11 is 2.98. The van der Waals surface area contributed by atoms with Crippen LogP contribution < -0.4 is 0 Å². The van der Waals surface area contributed by atoms with Crippen molar-refractivity contribution in [2.24, 2.45) is 0 Å². The second-order valence-electron chi connectivity index (χ2n) is 3.68. The molecule has 0 spiro atoms. The third kappa shape index (κ3) is 1.51. The van der Waals surface area contributed by atoms with E-state index in [1.165, 1.54) is 6.07 Å². The largest absolute Gasteiger partial charge is 0.504 e. The van der Waals surface area contributed by atoms with Crippen LogP contribution in [0.4, 0.5) is 4.39 Å². The van der Waals surface area contributed by atoms with Crippen molar-refractivity contribution in [1.82, 2.24) is 0 Å². The zero-order valence-corrected chi connectivity index (χ0v) is 9.21. The molecule has 0 saturated heterocycles. The van der Waals surface area contributed by atoms with Crippen LogP contribution in [0.2, 0.25) is 0 Å². The average molecular weight is 275 g/mol. The Labute approximate surface area is 93.7 Å². The second-order valence-corrected chi connectivity index (χ2v) is 4.53. The summed E-state index contributed by atoms with van der Waals surface area (Å²) < 4.78 is 13.4. The average Bonchev–Trinajstić information content (AvgIpc) is 2.93. The van der Waals surface area contributed by atoms with Gasteiger partial charge in [0.05, 0.1) is 9.89 Å². The maximum atomic E-state index is 13.2. The number of hydrogen-bond donors (Lipinski definition) is 2. The Kier molecular flexibility index (Phi) is 2.22. The molecule has 0 unspecified atom stereocenters. The fourth-order valence-electron chi connectivity index (χ4n) is 1.59. The van der Waals surface area contributed by atoms with Gasteiger partial charge in [0.15, 0.2) is 11.6 Å². The zero-order valence-electron chi connectivity index (χ0n) is 7.63. The van der Waals surface area contributed by atoms with Crippen LogP contribution in [0.15, 0.2) is 16.6 Å². The van der Waals surface area contributed by atoms with Gasteiger partial charge >= 0.3 is 5.97 Å². The van der Waals surface area contributed by atoms with E-state index in [0.717, 1.165) is 6.07 Å². The lowest BCUT2D eigenvalue weighted by Crippen LogP contribution is -2.19. The van der Waals surface area contributed by atoms with Gasteiger partial charge in [-0.3, -0.25) is 4.79 Å². The molecular weight excluding hydrogens is 267 g/mol. The number of rotatable bonds is 2. The van der Waals surface area contributed by atoms with E-state index in [1.807, 2.05) is 0 Å². The highest BCUT2D eigenvalue weighted by atomic mass is 79.9. The molecule has 0 bridgehead atoms. The molecule has 5 heteroatoms. The van der Waals surface area contributed by atoms with Crippen molar-refractivity contribution >= 4 is 21.9 Å². The van der Waals surface area contributed by atoms with Gasteiger partial charge in [-0.25, -0.2) is 4.39 Å². The van der Waals surface area contributed by atoms with E-state index in [0.29, 0.717) is 18.4 Å². The number of aromatic hydroxyl groups is 1. The first-order valence-electron chi connectivity index (χ1n) is 4.39. The summed E-state index contributed by atoms with van der Waals surface area (Å²) in [5.41, 5.74) is -0.547. The zero-order chi connectivity index (χ0) is 11.2. The number of carboxylic acid groups (broad SMARTS) is 1. The smallest absolute Gasteiger partial charge is 0.314 e. The Bertz CT molecular complexity index is 417. The van der Waals surface area contributed by atoms with Crippen LogP contribution in [0.1, 0.15) is 18.4 Å². The number of phenols is 1. The van der Waals surface area contributed by atoms with Gasteiger partial charge in [0, 0.05) is 0 Å². The summed E-state index contributed by atoms with van der Waals surface area (Å²) in [6, 6.07) is 2.54. The molecule has 1 fully saturated rings. The molecular formula is C10H8BrFO3. The number of halogens is 2. The lowest BCUT2D eigenvalue weighted by atomic mass is 9.96. The van der Waals surface area contributed by atoms with E-state index in [-0.39, 0.29) is 4.47 Å². The molecule has 2 rings (SSSR count). The number of carboxylic acids is 1. The van der Waals surface area contributed by atoms with Gasteiger partial charge in [-0.15, -0.1) is 0 Å². The predicted octanol–water partition coefficient (Wildman–Crippen LogP) is 2.41. The molecule has 1 aliphatic carbocycles. The second kappa shape index (κ2) is 3.20. The number of benzene rings is 1. The van der Waals surface area contributed by atoms with Gasteiger partial charge in [-0.1, -0.05) is 0 Å². The quantitative estimate of drug-likeness (QED) is 0.871. The molecule has 0 aliphatic heterocycles. The summed E-state index contributed by atoms with van der Waals surface area (Å²) in [4.78, 5) is 11.0. The number of hydrogen-bond acceptors (Lipinski definition) is 2. The van der Waals surface area contributed by atoms with E-state index in [2.05, 4.69) is 15.9 Å². The van der Waals surface area contributed by atoms with Crippen LogP contribution in [-0.2, 0) is 10.2 Å². The fraction of sp³-hybridized carbons (Fsp3) is 0.300. The minimum atomic E-state index is -0.947. The molecule has 1 saturated carbocycles. The van der Waals surface area contributed by atoms with Crippen LogP contribution in [0.25, 0.3) is 0 Å². The first kappa shape index (κ1) is 10.4. The maximum absolute atomic E-state index is 13.2. The Balaban J connectivity index is 2.51. The van der Waals surface area contributed by atoms with Crippen molar-refractivity contribution in [3.05, 3.63) is 28.0 Å². The molecule has 1 aromatic carbocycles. The summed E-state index contributed by atoms with van der Waals surface area (Å²) in [6.07, 6.45) is 1.03.